The number of carbonyl (C=O) groups excluding carboxylic acids is 3. The smallest absolute Gasteiger partial charge is 0.445 e. The van der Waals surface area contributed by atoms with Gasteiger partial charge in [-0.05, 0) is 12.0 Å². The molecule has 2 heterocycles. The van der Waals surface area contributed by atoms with Crippen LogP contribution in [0.1, 0.15) is 28.8 Å². The van der Waals surface area contributed by atoms with Crippen LogP contribution in [0, 0.1) is 0 Å². The molecule has 0 bridgehead atoms. The Balaban J connectivity index is 0.00000192. The molecule has 1 aromatic carbocycles. The number of halogens is 3. The summed E-state index contributed by atoms with van der Waals surface area (Å²) in [5.41, 5.74) is -0.405. The van der Waals surface area contributed by atoms with Crippen molar-refractivity contribution < 1.29 is 78.7 Å². The molecule has 0 radical (unpaired) electrons. The van der Waals surface area contributed by atoms with E-state index in [4.69, 9.17) is 0 Å². The standard InChI is InChI=1S/C13H11BF3N2O3.K/c15-14(16,17)8-2-1-7-6-19(13(22)9(7)5-8)10-3-4-11(20)18-12(10)21;/h1-2,5,10H,3-4,6H2,(H,18,20,21);/q-1;+1. The summed E-state index contributed by atoms with van der Waals surface area (Å²) in [5, 5.41) is 2.14. The van der Waals surface area contributed by atoms with Crippen LogP contribution in [0.4, 0.5) is 12.9 Å². The van der Waals surface area contributed by atoms with Gasteiger partial charge in [-0.15, -0.1) is 5.46 Å². The summed E-state index contributed by atoms with van der Waals surface area (Å²) in [5.74, 6) is -1.60. The third-order valence-corrected chi connectivity index (χ3v) is 3.93. The minimum absolute atomic E-state index is 0. The van der Waals surface area contributed by atoms with E-state index in [2.05, 4.69) is 5.32 Å². The van der Waals surface area contributed by atoms with Gasteiger partial charge < -0.3 is 17.8 Å². The van der Waals surface area contributed by atoms with Gasteiger partial charge in [0.15, 0.2) is 0 Å². The number of benzene rings is 1. The van der Waals surface area contributed by atoms with Crippen molar-refractivity contribution in [3.05, 3.63) is 29.3 Å². The van der Waals surface area contributed by atoms with E-state index < -0.39 is 36.2 Å². The van der Waals surface area contributed by atoms with E-state index in [0.717, 1.165) is 12.1 Å². The van der Waals surface area contributed by atoms with Crippen molar-refractivity contribution in [2.75, 3.05) is 0 Å². The second-order valence-corrected chi connectivity index (χ2v) is 5.39. The predicted octanol–water partition coefficient (Wildman–Crippen LogP) is -2.49. The molecule has 1 fully saturated rings. The Morgan fingerprint density at radius 3 is 2.48 bits per heavy atom. The van der Waals surface area contributed by atoms with Crippen molar-refractivity contribution in [1.82, 2.24) is 10.2 Å². The third-order valence-electron chi connectivity index (χ3n) is 3.93. The number of hydrogen-bond donors (Lipinski definition) is 1. The Hall–Kier alpha value is -0.679. The molecule has 0 aromatic heterocycles. The summed E-state index contributed by atoms with van der Waals surface area (Å²) in [6.07, 6.45) is 0.286. The average molecular weight is 350 g/mol. The number of imide groups is 1. The Kier molecular flexibility index (Phi) is 5.41. The van der Waals surface area contributed by atoms with Crippen molar-refractivity contribution in [2.45, 2.75) is 25.4 Å². The Morgan fingerprint density at radius 1 is 1.17 bits per heavy atom. The zero-order valence-corrected chi connectivity index (χ0v) is 15.4. The van der Waals surface area contributed by atoms with Crippen molar-refractivity contribution in [1.29, 1.82) is 0 Å². The van der Waals surface area contributed by atoms with Gasteiger partial charge in [0.25, 0.3) is 5.91 Å². The Bertz CT molecular complexity index is 696. The molecule has 23 heavy (non-hydrogen) atoms. The van der Waals surface area contributed by atoms with Gasteiger partial charge in [0, 0.05) is 18.5 Å². The van der Waals surface area contributed by atoms with Gasteiger partial charge in [0.1, 0.15) is 6.04 Å². The van der Waals surface area contributed by atoms with Crippen LogP contribution in [-0.2, 0) is 16.1 Å². The number of nitrogens with zero attached hydrogens (tertiary/aromatic N) is 1. The van der Waals surface area contributed by atoms with Crippen LogP contribution in [-0.4, -0.2) is 35.6 Å². The molecule has 1 N–H and O–H groups in total. The first-order valence-electron chi connectivity index (χ1n) is 6.75. The van der Waals surface area contributed by atoms with E-state index in [0.29, 0.717) is 5.56 Å². The number of nitrogens with one attached hydrogen (secondary N) is 1. The topological polar surface area (TPSA) is 66.5 Å². The predicted molar refractivity (Wildman–Crippen MR) is 71.2 cm³/mol. The van der Waals surface area contributed by atoms with Gasteiger partial charge in [-0.3, -0.25) is 19.7 Å². The molecular formula is C13H11BF3KN2O3. The van der Waals surface area contributed by atoms with Crippen LogP contribution in [0.15, 0.2) is 18.2 Å². The number of hydrogen-bond acceptors (Lipinski definition) is 3. The molecule has 1 atom stereocenters. The molecule has 1 aromatic rings. The first kappa shape index (κ1) is 18.7. The monoisotopic (exact) mass is 350 g/mol. The quantitative estimate of drug-likeness (QED) is 0.474. The fourth-order valence-corrected chi connectivity index (χ4v) is 2.78. The number of fused-ring (bicyclic) bond motifs is 1. The number of carbonyl (C=O) groups is 3. The normalized spacial score (nSPS) is 20.9. The number of piperidine rings is 1. The van der Waals surface area contributed by atoms with Gasteiger partial charge >= 0.3 is 58.4 Å². The summed E-state index contributed by atoms with van der Waals surface area (Å²) in [7, 11) is 0. The molecule has 1 saturated heterocycles. The molecule has 10 heteroatoms. The maximum absolute atomic E-state index is 12.8. The molecule has 5 nitrogen and oxygen atoms in total. The molecule has 1 unspecified atom stereocenters. The Morgan fingerprint density at radius 2 is 1.87 bits per heavy atom. The van der Waals surface area contributed by atoms with E-state index in [1.165, 1.54) is 11.0 Å². The molecule has 3 rings (SSSR count). The number of rotatable bonds is 2. The first-order chi connectivity index (χ1) is 10.3. The molecule has 2 aliphatic heterocycles. The first-order valence-corrected chi connectivity index (χ1v) is 6.75. The Labute approximate surface area is 172 Å². The summed E-state index contributed by atoms with van der Waals surface area (Å²) in [4.78, 5) is 36.5. The minimum Gasteiger partial charge on any atom is -0.445 e. The van der Waals surface area contributed by atoms with Crippen molar-refractivity contribution >= 4 is 30.2 Å². The van der Waals surface area contributed by atoms with Gasteiger partial charge in [-0.25, -0.2) is 0 Å². The summed E-state index contributed by atoms with van der Waals surface area (Å²) in [6.45, 7) is -5.11. The van der Waals surface area contributed by atoms with E-state index >= 15 is 0 Å². The van der Waals surface area contributed by atoms with Crippen LogP contribution in [0.3, 0.4) is 0 Å². The zero-order valence-electron chi connectivity index (χ0n) is 12.3. The van der Waals surface area contributed by atoms with Crippen LogP contribution >= 0.6 is 0 Å². The van der Waals surface area contributed by atoms with Crippen LogP contribution < -0.4 is 62.2 Å². The second-order valence-electron chi connectivity index (χ2n) is 5.39. The number of amides is 3. The van der Waals surface area contributed by atoms with Gasteiger partial charge in [-0.1, -0.05) is 18.2 Å². The molecular weight excluding hydrogens is 339 g/mol. The van der Waals surface area contributed by atoms with E-state index in [1.807, 2.05) is 0 Å². The molecule has 0 saturated carbocycles. The van der Waals surface area contributed by atoms with Crippen molar-refractivity contribution in [2.24, 2.45) is 0 Å². The largest absolute Gasteiger partial charge is 1.00 e. The average Bonchev–Trinajstić information content (AvgIpc) is 2.75. The molecule has 3 amide bonds. The fourth-order valence-electron chi connectivity index (χ4n) is 2.78. The van der Waals surface area contributed by atoms with Gasteiger partial charge in [0.2, 0.25) is 11.8 Å². The van der Waals surface area contributed by atoms with E-state index in [-0.39, 0.29) is 76.3 Å². The van der Waals surface area contributed by atoms with Gasteiger partial charge in [-0.2, -0.15) is 0 Å². The van der Waals surface area contributed by atoms with Crippen LogP contribution in [0.5, 0.6) is 0 Å². The molecule has 0 spiro atoms. The second kappa shape index (κ2) is 6.67. The minimum atomic E-state index is -5.18. The summed E-state index contributed by atoms with van der Waals surface area (Å²) in [6, 6.07) is 2.23. The maximum atomic E-state index is 12.8. The van der Waals surface area contributed by atoms with Crippen molar-refractivity contribution in [3.8, 4) is 0 Å². The molecule has 2 aliphatic rings. The summed E-state index contributed by atoms with van der Waals surface area (Å²) >= 11 is 0. The van der Waals surface area contributed by atoms with Crippen LogP contribution in [0.25, 0.3) is 0 Å². The van der Waals surface area contributed by atoms with Crippen molar-refractivity contribution in [3.63, 3.8) is 0 Å². The summed E-state index contributed by atoms with van der Waals surface area (Å²) < 4.78 is 38.3. The van der Waals surface area contributed by atoms with E-state index in [1.54, 1.807) is 0 Å². The third kappa shape index (κ3) is 3.55. The maximum Gasteiger partial charge on any atom is 1.00 e. The van der Waals surface area contributed by atoms with E-state index in [9.17, 15) is 27.3 Å². The molecule has 116 valence electrons. The fraction of sp³-hybridized carbons (Fsp3) is 0.308. The van der Waals surface area contributed by atoms with Crippen LogP contribution in [0.2, 0.25) is 0 Å². The van der Waals surface area contributed by atoms with Gasteiger partial charge in [0.05, 0.1) is 0 Å². The molecule has 0 aliphatic carbocycles. The SMILES string of the molecule is O=C1CCC(N2Cc3ccc([B-](F)(F)F)cc3C2=O)C(=O)N1.[K+]. The zero-order chi connectivity index (χ0) is 16.1.